The van der Waals surface area contributed by atoms with Gasteiger partial charge in [-0.05, 0) is 48.6 Å². The molecule has 1 saturated carbocycles. The number of halogens is 1. The van der Waals surface area contributed by atoms with Crippen LogP contribution in [0.25, 0.3) is 0 Å². The monoisotopic (exact) mass is 383 g/mol. The summed E-state index contributed by atoms with van der Waals surface area (Å²) < 4.78 is 18.8. The lowest BCUT2D eigenvalue weighted by Crippen LogP contribution is -2.42. The lowest BCUT2D eigenvalue weighted by molar-refractivity contribution is 0.0600. The molecule has 0 unspecified atom stereocenters. The fourth-order valence-corrected chi connectivity index (χ4v) is 3.31. The number of benzene rings is 2. The third-order valence-electron chi connectivity index (χ3n) is 5.20. The molecule has 0 heterocycles. The van der Waals surface area contributed by atoms with Crippen LogP contribution in [0.15, 0.2) is 53.5 Å². The van der Waals surface area contributed by atoms with Gasteiger partial charge < -0.3 is 15.4 Å². The summed E-state index contributed by atoms with van der Waals surface area (Å²) in [6.45, 7) is 1.35. The predicted octanol–water partition coefficient (Wildman–Crippen LogP) is 3.05. The molecule has 1 aliphatic rings. The van der Waals surface area contributed by atoms with Gasteiger partial charge in [-0.2, -0.15) is 0 Å². The zero-order chi connectivity index (χ0) is 20.0. The minimum Gasteiger partial charge on any atom is -0.465 e. The molecule has 3 rings (SSSR count). The summed E-state index contributed by atoms with van der Waals surface area (Å²) in [5.74, 6) is 0.229. The number of esters is 1. The smallest absolute Gasteiger partial charge is 0.337 e. The molecular weight excluding hydrogens is 357 g/mol. The van der Waals surface area contributed by atoms with Crippen LogP contribution in [0.4, 0.5) is 4.39 Å². The van der Waals surface area contributed by atoms with Crippen molar-refractivity contribution in [2.24, 2.45) is 4.99 Å². The van der Waals surface area contributed by atoms with Gasteiger partial charge in [0.05, 0.1) is 12.7 Å². The predicted molar refractivity (Wildman–Crippen MR) is 108 cm³/mol. The second-order valence-electron chi connectivity index (χ2n) is 7.05. The first kappa shape index (κ1) is 19.9. The van der Waals surface area contributed by atoms with Crippen molar-refractivity contribution in [2.45, 2.75) is 24.7 Å². The van der Waals surface area contributed by atoms with E-state index < -0.39 is 0 Å². The highest BCUT2D eigenvalue weighted by molar-refractivity contribution is 5.89. The summed E-state index contributed by atoms with van der Waals surface area (Å²) in [4.78, 5) is 15.7. The quantitative estimate of drug-likeness (QED) is 0.438. The molecule has 0 aliphatic heterocycles. The average molecular weight is 383 g/mol. The first-order chi connectivity index (χ1) is 13.6. The van der Waals surface area contributed by atoms with Crippen LogP contribution in [0.2, 0.25) is 0 Å². The summed E-state index contributed by atoms with van der Waals surface area (Å²) in [5, 5.41) is 6.61. The lowest BCUT2D eigenvalue weighted by atomic mass is 9.95. The van der Waals surface area contributed by atoms with E-state index in [4.69, 9.17) is 4.74 Å². The summed E-state index contributed by atoms with van der Waals surface area (Å²) in [6.07, 6.45) is 2.75. The topological polar surface area (TPSA) is 62.7 Å². The number of guanidine groups is 1. The zero-order valence-corrected chi connectivity index (χ0v) is 16.3. The highest BCUT2D eigenvalue weighted by atomic mass is 19.1. The highest BCUT2D eigenvalue weighted by Crippen LogP contribution is 2.48. The second-order valence-corrected chi connectivity index (χ2v) is 7.05. The zero-order valence-electron chi connectivity index (χ0n) is 16.3. The maximum atomic E-state index is 14.1. The minimum atomic E-state index is -0.335. The number of ether oxygens (including phenoxy) is 1. The van der Waals surface area contributed by atoms with Crippen molar-refractivity contribution >= 4 is 11.9 Å². The highest BCUT2D eigenvalue weighted by Gasteiger charge is 2.45. The molecule has 0 spiro atoms. The van der Waals surface area contributed by atoms with Crippen molar-refractivity contribution < 1.29 is 13.9 Å². The molecule has 148 valence electrons. The number of nitrogens with one attached hydrogen (secondary N) is 2. The van der Waals surface area contributed by atoms with E-state index in [2.05, 4.69) is 15.6 Å². The summed E-state index contributed by atoms with van der Waals surface area (Å²) in [7, 11) is 3.10. The number of rotatable bonds is 7. The number of carbonyl (C=O) groups excluding carboxylic acids is 1. The third kappa shape index (κ3) is 4.68. The van der Waals surface area contributed by atoms with E-state index in [-0.39, 0.29) is 17.2 Å². The van der Waals surface area contributed by atoms with E-state index in [1.807, 2.05) is 24.3 Å². The number of aliphatic imine (C=N–C) groups is 1. The van der Waals surface area contributed by atoms with Crippen LogP contribution in [0, 0.1) is 5.82 Å². The van der Waals surface area contributed by atoms with Gasteiger partial charge in [0.15, 0.2) is 5.96 Å². The van der Waals surface area contributed by atoms with E-state index in [0.29, 0.717) is 24.6 Å². The van der Waals surface area contributed by atoms with Gasteiger partial charge in [0.1, 0.15) is 5.82 Å². The minimum absolute atomic E-state index is 0.132. The number of hydrogen-bond acceptors (Lipinski definition) is 3. The summed E-state index contributed by atoms with van der Waals surface area (Å²) in [6, 6.07) is 14.4. The molecule has 2 aromatic carbocycles. The van der Waals surface area contributed by atoms with Crippen LogP contribution in [-0.2, 0) is 16.6 Å². The summed E-state index contributed by atoms with van der Waals surface area (Å²) in [5.41, 5.74) is 2.30. The van der Waals surface area contributed by atoms with Crippen LogP contribution in [0.3, 0.4) is 0 Å². The Hall–Kier alpha value is -2.89. The van der Waals surface area contributed by atoms with Crippen molar-refractivity contribution in [2.75, 3.05) is 27.2 Å². The van der Waals surface area contributed by atoms with Crippen molar-refractivity contribution in [1.82, 2.24) is 10.6 Å². The normalized spacial score (nSPS) is 15.0. The Morgan fingerprint density at radius 1 is 1.14 bits per heavy atom. The van der Waals surface area contributed by atoms with Crippen LogP contribution >= 0.6 is 0 Å². The molecule has 2 N–H and O–H groups in total. The average Bonchev–Trinajstić information content (AvgIpc) is 3.51. The molecule has 0 bridgehead atoms. The molecule has 0 atom stereocenters. The van der Waals surface area contributed by atoms with E-state index >= 15 is 0 Å². The Morgan fingerprint density at radius 3 is 2.46 bits per heavy atom. The van der Waals surface area contributed by atoms with E-state index in [1.165, 1.54) is 13.2 Å². The van der Waals surface area contributed by atoms with Crippen molar-refractivity contribution in [1.29, 1.82) is 0 Å². The van der Waals surface area contributed by atoms with Gasteiger partial charge in [-0.3, -0.25) is 4.99 Å². The SMILES string of the molecule is CN=C(NCCc1ccc(C(=O)OC)cc1)NCC1(c2ccccc2F)CC1. The van der Waals surface area contributed by atoms with E-state index in [0.717, 1.165) is 30.4 Å². The largest absolute Gasteiger partial charge is 0.465 e. The molecule has 1 aliphatic carbocycles. The molecule has 0 saturated heterocycles. The van der Waals surface area contributed by atoms with Crippen LogP contribution in [0.1, 0.15) is 34.3 Å². The fourth-order valence-electron chi connectivity index (χ4n) is 3.31. The van der Waals surface area contributed by atoms with Crippen molar-refractivity contribution in [3.63, 3.8) is 0 Å². The van der Waals surface area contributed by atoms with E-state index in [1.54, 1.807) is 25.2 Å². The van der Waals surface area contributed by atoms with Crippen LogP contribution in [-0.4, -0.2) is 39.2 Å². The molecular formula is C22H26FN3O2. The Labute approximate surface area is 165 Å². The van der Waals surface area contributed by atoms with Gasteiger partial charge in [-0.1, -0.05) is 30.3 Å². The molecule has 0 aromatic heterocycles. The first-order valence-electron chi connectivity index (χ1n) is 9.45. The third-order valence-corrected chi connectivity index (χ3v) is 5.20. The molecule has 1 fully saturated rings. The molecule has 5 nitrogen and oxygen atoms in total. The molecule has 28 heavy (non-hydrogen) atoms. The van der Waals surface area contributed by atoms with Crippen LogP contribution in [0.5, 0.6) is 0 Å². The second kappa shape index (κ2) is 8.87. The summed E-state index contributed by atoms with van der Waals surface area (Å²) >= 11 is 0. The van der Waals surface area contributed by atoms with E-state index in [9.17, 15) is 9.18 Å². The van der Waals surface area contributed by atoms with Gasteiger partial charge in [-0.15, -0.1) is 0 Å². The maximum absolute atomic E-state index is 14.1. The molecule has 0 radical (unpaired) electrons. The number of nitrogens with zero attached hydrogens (tertiary/aromatic N) is 1. The van der Waals surface area contributed by atoms with Crippen molar-refractivity contribution in [3.8, 4) is 0 Å². The molecule has 2 aromatic rings. The Morgan fingerprint density at radius 2 is 1.86 bits per heavy atom. The Bertz CT molecular complexity index is 845. The van der Waals surface area contributed by atoms with Crippen LogP contribution < -0.4 is 10.6 Å². The van der Waals surface area contributed by atoms with Gasteiger partial charge in [0.25, 0.3) is 0 Å². The van der Waals surface area contributed by atoms with Gasteiger partial charge in [-0.25, -0.2) is 9.18 Å². The number of hydrogen-bond donors (Lipinski definition) is 2. The van der Waals surface area contributed by atoms with Gasteiger partial charge in [0.2, 0.25) is 0 Å². The fraction of sp³-hybridized carbons (Fsp3) is 0.364. The molecule has 6 heteroatoms. The first-order valence-corrected chi connectivity index (χ1v) is 9.45. The molecule has 0 amide bonds. The Balaban J connectivity index is 1.48. The number of methoxy groups -OCH3 is 1. The van der Waals surface area contributed by atoms with Crippen molar-refractivity contribution in [3.05, 3.63) is 71.0 Å². The van der Waals surface area contributed by atoms with Gasteiger partial charge in [0, 0.05) is 25.6 Å². The maximum Gasteiger partial charge on any atom is 0.337 e. The standard InChI is InChI=1S/C22H26FN3O2/c1-24-21(25-14-11-16-7-9-17(10-8-16)20(27)28-2)26-15-22(12-13-22)18-5-3-4-6-19(18)23/h3-10H,11-15H2,1-2H3,(H2,24,25,26). The van der Waals surface area contributed by atoms with Gasteiger partial charge >= 0.3 is 5.97 Å². The lowest BCUT2D eigenvalue weighted by Gasteiger charge is -2.19. The number of carbonyl (C=O) groups is 1. The Kier molecular flexibility index (Phi) is 6.29.